The number of amides is 2. The van der Waals surface area contributed by atoms with Gasteiger partial charge in [0.2, 0.25) is 11.8 Å². The van der Waals surface area contributed by atoms with Gasteiger partial charge in [0, 0.05) is 0 Å². The molecule has 0 bridgehead atoms. The van der Waals surface area contributed by atoms with Gasteiger partial charge < -0.3 is 20.1 Å². The summed E-state index contributed by atoms with van der Waals surface area (Å²) in [5.41, 5.74) is 4.38. The molecule has 2 heterocycles. The van der Waals surface area contributed by atoms with E-state index in [1.165, 1.54) is 46.2 Å². The zero-order valence-electron chi connectivity index (χ0n) is 25.7. The van der Waals surface area contributed by atoms with E-state index in [4.69, 9.17) is 32.7 Å². The summed E-state index contributed by atoms with van der Waals surface area (Å²) in [4.78, 5) is 34.7. The minimum absolute atomic E-state index is 0.188. The molecule has 246 valence electrons. The van der Waals surface area contributed by atoms with Crippen LogP contribution in [0.2, 0.25) is 10.0 Å². The van der Waals surface area contributed by atoms with Gasteiger partial charge in [-0.05, 0) is 85.6 Å². The second-order valence-electron chi connectivity index (χ2n) is 10.1. The fraction of sp³-hybridized carbons (Fsp3) is 0.176. The molecule has 0 saturated carbocycles. The maximum atomic E-state index is 12.7. The van der Waals surface area contributed by atoms with E-state index < -0.39 is 0 Å². The van der Waals surface area contributed by atoms with Crippen LogP contribution in [0.5, 0.6) is 11.5 Å². The van der Waals surface area contributed by atoms with E-state index in [1.807, 2.05) is 62.4 Å². The number of carbonyl (C=O) groups is 2. The van der Waals surface area contributed by atoms with Crippen LogP contribution in [0.1, 0.15) is 13.8 Å². The first-order valence-corrected chi connectivity index (χ1v) is 19.2. The fourth-order valence-corrected chi connectivity index (χ4v) is 8.87. The Kier molecular flexibility index (Phi) is 11.3. The average molecular weight is 756 g/mol. The molecule has 4 aromatic carbocycles. The second kappa shape index (κ2) is 15.8. The topological polar surface area (TPSA) is 102 Å². The van der Waals surface area contributed by atoms with Gasteiger partial charge in [-0.2, -0.15) is 0 Å². The van der Waals surface area contributed by atoms with Crippen molar-refractivity contribution >= 4 is 113 Å². The minimum atomic E-state index is -0.191. The van der Waals surface area contributed by atoms with Crippen molar-refractivity contribution < 1.29 is 19.1 Å². The van der Waals surface area contributed by atoms with E-state index in [9.17, 15) is 9.59 Å². The van der Waals surface area contributed by atoms with E-state index in [-0.39, 0.29) is 23.3 Å². The maximum Gasteiger partial charge on any atom is 0.234 e. The highest BCUT2D eigenvalue weighted by Crippen LogP contribution is 2.35. The lowest BCUT2D eigenvalue weighted by molar-refractivity contribution is -0.114. The number of carbonyl (C=O) groups excluding carboxylic acids is 2. The van der Waals surface area contributed by atoms with Crippen LogP contribution in [-0.4, -0.2) is 46.5 Å². The third kappa shape index (κ3) is 8.55. The van der Waals surface area contributed by atoms with Crippen molar-refractivity contribution in [3.05, 3.63) is 82.8 Å². The van der Waals surface area contributed by atoms with Crippen LogP contribution in [0, 0.1) is 0 Å². The number of hydrogen-bond donors (Lipinski definition) is 2. The lowest BCUT2D eigenvalue weighted by Crippen LogP contribution is -2.14. The largest absolute Gasteiger partial charge is 0.494 e. The molecule has 0 spiro atoms. The molecule has 48 heavy (non-hydrogen) atoms. The van der Waals surface area contributed by atoms with Gasteiger partial charge in [0.1, 0.15) is 11.5 Å². The molecule has 2 N–H and O–H groups in total. The first-order chi connectivity index (χ1) is 23.3. The van der Waals surface area contributed by atoms with Gasteiger partial charge in [-0.3, -0.25) is 9.59 Å². The predicted octanol–water partition coefficient (Wildman–Crippen LogP) is 10.1. The molecule has 6 rings (SSSR count). The number of aromatic nitrogens is 2. The van der Waals surface area contributed by atoms with Crippen molar-refractivity contribution in [1.29, 1.82) is 0 Å². The van der Waals surface area contributed by atoms with Gasteiger partial charge in [-0.1, -0.05) is 58.9 Å². The van der Waals surface area contributed by atoms with Crippen LogP contribution >= 0.6 is 69.4 Å². The number of thiazole rings is 2. The van der Waals surface area contributed by atoms with Crippen LogP contribution in [0.3, 0.4) is 0 Å². The van der Waals surface area contributed by atoms with Crippen LogP contribution in [0.25, 0.3) is 31.6 Å². The number of halogens is 2. The van der Waals surface area contributed by atoms with Gasteiger partial charge in [0.05, 0.1) is 66.6 Å². The number of nitrogens with one attached hydrogen (secondary N) is 2. The summed E-state index contributed by atoms with van der Waals surface area (Å²) in [6, 6.07) is 22.3. The number of thioether (sulfide) groups is 2. The van der Waals surface area contributed by atoms with E-state index in [0.717, 1.165) is 51.7 Å². The molecule has 14 heteroatoms. The Labute approximate surface area is 303 Å². The second-order valence-corrected chi connectivity index (χ2v) is 15.5. The molecule has 0 aliphatic heterocycles. The Morgan fingerprint density at radius 3 is 1.50 bits per heavy atom. The third-order valence-electron chi connectivity index (χ3n) is 6.78. The molecule has 6 aromatic rings. The van der Waals surface area contributed by atoms with Crippen LogP contribution in [-0.2, 0) is 9.59 Å². The lowest BCUT2D eigenvalue weighted by atomic mass is 10.0. The van der Waals surface area contributed by atoms with E-state index in [1.54, 1.807) is 24.3 Å². The van der Waals surface area contributed by atoms with Crippen LogP contribution < -0.4 is 20.1 Å². The van der Waals surface area contributed by atoms with Crippen molar-refractivity contribution in [2.75, 3.05) is 35.4 Å². The Hall–Kier alpha value is -3.52. The van der Waals surface area contributed by atoms with Crippen molar-refractivity contribution in [3.63, 3.8) is 0 Å². The smallest absolute Gasteiger partial charge is 0.234 e. The molecular weight excluding hydrogens is 728 g/mol. The molecule has 2 aromatic heterocycles. The number of nitrogens with zero attached hydrogens (tertiary/aromatic N) is 2. The highest BCUT2D eigenvalue weighted by Gasteiger charge is 2.14. The summed E-state index contributed by atoms with van der Waals surface area (Å²) in [5, 5.41) is 6.54. The number of anilines is 2. The first-order valence-electron chi connectivity index (χ1n) is 14.8. The molecule has 0 unspecified atom stereocenters. The minimum Gasteiger partial charge on any atom is -0.494 e. The van der Waals surface area contributed by atoms with Gasteiger partial charge >= 0.3 is 0 Å². The monoisotopic (exact) mass is 754 g/mol. The van der Waals surface area contributed by atoms with E-state index in [2.05, 4.69) is 20.6 Å². The molecule has 2 amide bonds. The van der Waals surface area contributed by atoms with E-state index in [0.29, 0.717) is 34.6 Å². The fourth-order valence-electron chi connectivity index (χ4n) is 4.62. The third-order valence-corrected chi connectivity index (χ3v) is 11.7. The number of benzene rings is 4. The summed E-state index contributed by atoms with van der Waals surface area (Å²) in [6.07, 6.45) is 0. The van der Waals surface area contributed by atoms with Crippen molar-refractivity contribution in [1.82, 2.24) is 9.97 Å². The molecular formula is C34H28Cl2N4O4S4. The molecule has 0 saturated heterocycles. The van der Waals surface area contributed by atoms with Crippen LogP contribution in [0.4, 0.5) is 11.4 Å². The SMILES string of the molecule is CCOc1ccc2nc(SCC(=O)Nc3ccc(-c4ccc(NC(=O)CSc5nc6ccc(OCC)cc6s5)c(Cl)c4)cc3Cl)sc2c1. The highest BCUT2D eigenvalue weighted by molar-refractivity contribution is 8.02. The van der Waals surface area contributed by atoms with Crippen LogP contribution in [0.15, 0.2) is 81.5 Å². The van der Waals surface area contributed by atoms with Crippen molar-refractivity contribution in [2.24, 2.45) is 0 Å². The van der Waals surface area contributed by atoms with Crippen molar-refractivity contribution in [2.45, 2.75) is 22.5 Å². The Bertz CT molecular complexity index is 1970. The quantitative estimate of drug-likeness (QED) is 0.112. The Morgan fingerprint density at radius 2 is 1.10 bits per heavy atom. The maximum absolute atomic E-state index is 12.7. The standard InChI is InChI=1S/C34H28Cl2N4O4S4/c1-3-43-21-7-11-27-29(15-21)47-33(39-27)45-17-31(41)37-25-9-5-19(13-23(25)35)20-6-10-26(24(36)14-20)38-32(42)18-46-34-40-28-12-8-22(44-4-2)16-30(28)48-34/h5-16H,3-4,17-18H2,1-2H3,(H,37,41)(H,38,42). The molecule has 0 aliphatic rings. The summed E-state index contributed by atoms with van der Waals surface area (Å²) in [7, 11) is 0. The molecule has 0 aliphatic carbocycles. The zero-order valence-corrected chi connectivity index (χ0v) is 30.5. The molecule has 0 radical (unpaired) electrons. The number of rotatable bonds is 13. The number of hydrogen-bond acceptors (Lipinski definition) is 10. The Balaban J connectivity index is 1.02. The molecule has 0 atom stereocenters. The van der Waals surface area contributed by atoms with E-state index >= 15 is 0 Å². The summed E-state index contributed by atoms with van der Waals surface area (Å²) >= 11 is 18.9. The number of fused-ring (bicyclic) bond motifs is 2. The molecule has 0 fully saturated rings. The lowest BCUT2D eigenvalue weighted by Gasteiger charge is -2.11. The predicted molar refractivity (Wildman–Crippen MR) is 202 cm³/mol. The Morgan fingerprint density at radius 1 is 0.667 bits per heavy atom. The van der Waals surface area contributed by atoms with Gasteiger partial charge in [0.15, 0.2) is 8.68 Å². The average Bonchev–Trinajstić information content (AvgIpc) is 3.68. The van der Waals surface area contributed by atoms with Gasteiger partial charge in [-0.15, -0.1) is 22.7 Å². The highest BCUT2D eigenvalue weighted by atomic mass is 35.5. The summed E-state index contributed by atoms with van der Waals surface area (Å²) in [5.74, 6) is 1.60. The summed E-state index contributed by atoms with van der Waals surface area (Å²) < 4.78 is 14.8. The number of ether oxygens (including phenoxy) is 2. The van der Waals surface area contributed by atoms with Gasteiger partial charge in [0.25, 0.3) is 0 Å². The first kappa shape index (κ1) is 34.3. The summed E-state index contributed by atoms with van der Waals surface area (Å²) in [6.45, 7) is 5.08. The van der Waals surface area contributed by atoms with Crippen molar-refractivity contribution in [3.8, 4) is 22.6 Å². The normalized spacial score (nSPS) is 11.2. The zero-order chi connectivity index (χ0) is 33.6. The molecule has 8 nitrogen and oxygen atoms in total. The van der Waals surface area contributed by atoms with Gasteiger partial charge in [-0.25, -0.2) is 9.97 Å².